The topological polar surface area (TPSA) is 48.7 Å². The normalized spacial score (nSPS) is 9.71. The molecule has 1 N–H and O–H groups in total. The van der Waals surface area contributed by atoms with Gasteiger partial charge in [0, 0.05) is 30.6 Å². The van der Waals surface area contributed by atoms with E-state index >= 15 is 0 Å². The molecule has 0 amide bonds. The highest BCUT2D eigenvalue weighted by atomic mass is 32.2. The van der Waals surface area contributed by atoms with Crippen LogP contribution in [0.4, 0.5) is 0 Å². The second kappa shape index (κ2) is 6.41. The van der Waals surface area contributed by atoms with Crippen LogP contribution < -0.4 is 5.32 Å². The summed E-state index contributed by atoms with van der Waals surface area (Å²) in [5.41, 5.74) is 1.49. The van der Waals surface area contributed by atoms with Gasteiger partial charge in [-0.05, 0) is 12.3 Å². The minimum Gasteiger partial charge on any atom is -0.312 e. The fourth-order valence-corrected chi connectivity index (χ4v) is 1.43. The van der Waals surface area contributed by atoms with Crippen LogP contribution in [0.3, 0.4) is 0 Å². The van der Waals surface area contributed by atoms with E-state index in [-0.39, 0.29) is 0 Å². The lowest BCUT2D eigenvalue weighted by molar-refractivity contribution is 0.728. The second-order valence-electron chi connectivity index (χ2n) is 2.79. The van der Waals surface area contributed by atoms with Gasteiger partial charge in [-0.25, -0.2) is 4.98 Å². The fraction of sp³-hybridized carbons (Fsp3) is 0.400. The molecule has 0 bridgehead atoms. The first kappa shape index (κ1) is 11.0. The lowest BCUT2D eigenvalue weighted by Gasteiger charge is -2.04. The summed E-state index contributed by atoms with van der Waals surface area (Å²) in [6.07, 6.45) is 3.72. The van der Waals surface area contributed by atoms with Gasteiger partial charge in [-0.1, -0.05) is 6.07 Å². The SMILES string of the molecule is CSCCNCc1cccnc1C#N. The summed E-state index contributed by atoms with van der Waals surface area (Å²) in [6.45, 7) is 1.68. The van der Waals surface area contributed by atoms with Gasteiger partial charge >= 0.3 is 0 Å². The Bertz CT molecular complexity index is 319. The average Bonchev–Trinajstić information content (AvgIpc) is 2.25. The molecule has 74 valence electrons. The molecule has 0 saturated heterocycles. The van der Waals surface area contributed by atoms with Crippen molar-refractivity contribution in [1.29, 1.82) is 5.26 Å². The zero-order valence-corrected chi connectivity index (χ0v) is 8.97. The van der Waals surface area contributed by atoms with Gasteiger partial charge in [0.2, 0.25) is 0 Å². The molecule has 1 heterocycles. The molecule has 1 aromatic heterocycles. The monoisotopic (exact) mass is 207 g/mol. The van der Waals surface area contributed by atoms with Gasteiger partial charge in [0.05, 0.1) is 0 Å². The van der Waals surface area contributed by atoms with Gasteiger partial charge in [0.15, 0.2) is 0 Å². The highest BCUT2D eigenvalue weighted by molar-refractivity contribution is 7.98. The number of nitriles is 1. The molecule has 4 heteroatoms. The Hall–Kier alpha value is -1.05. The number of aromatic nitrogens is 1. The van der Waals surface area contributed by atoms with Gasteiger partial charge < -0.3 is 5.32 Å². The van der Waals surface area contributed by atoms with Crippen molar-refractivity contribution in [2.45, 2.75) is 6.54 Å². The van der Waals surface area contributed by atoms with Crippen molar-refractivity contribution >= 4 is 11.8 Å². The molecule has 0 fully saturated rings. The Morgan fingerprint density at radius 1 is 1.64 bits per heavy atom. The number of hydrogen-bond acceptors (Lipinski definition) is 4. The predicted molar refractivity (Wildman–Crippen MR) is 59.0 cm³/mol. The number of thioether (sulfide) groups is 1. The van der Waals surface area contributed by atoms with Gasteiger partial charge in [0.25, 0.3) is 0 Å². The van der Waals surface area contributed by atoms with Crippen molar-refractivity contribution < 1.29 is 0 Å². The quantitative estimate of drug-likeness (QED) is 0.742. The van der Waals surface area contributed by atoms with E-state index < -0.39 is 0 Å². The Labute approximate surface area is 88.5 Å². The Morgan fingerprint density at radius 2 is 2.50 bits per heavy atom. The summed E-state index contributed by atoms with van der Waals surface area (Å²) in [7, 11) is 0. The fourth-order valence-electron chi connectivity index (χ4n) is 1.08. The summed E-state index contributed by atoms with van der Waals surface area (Å²) >= 11 is 1.80. The van der Waals surface area contributed by atoms with Crippen LogP contribution in [0.5, 0.6) is 0 Å². The lowest BCUT2D eigenvalue weighted by Crippen LogP contribution is -2.17. The summed E-state index contributed by atoms with van der Waals surface area (Å²) in [4.78, 5) is 3.99. The third-order valence-corrected chi connectivity index (χ3v) is 2.41. The molecule has 1 rings (SSSR count). The molecule has 0 aliphatic rings. The van der Waals surface area contributed by atoms with Crippen molar-refractivity contribution in [1.82, 2.24) is 10.3 Å². The first-order valence-corrected chi connectivity index (χ1v) is 5.81. The van der Waals surface area contributed by atoms with Gasteiger partial charge in [0.1, 0.15) is 11.8 Å². The highest BCUT2D eigenvalue weighted by Crippen LogP contribution is 2.02. The molecule has 0 aliphatic heterocycles. The maximum Gasteiger partial charge on any atom is 0.144 e. The smallest absolute Gasteiger partial charge is 0.144 e. The van der Waals surface area contributed by atoms with E-state index in [2.05, 4.69) is 22.6 Å². The molecular formula is C10H13N3S. The van der Waals surface area contributed by atoms with E-state index in [4.69, 9.17) is 5.26 Å². The van der Waals surface area contributed by atoms with Crippen molar-refractivity contribution in [2.75, 3.05) is 18.6 Å². The number of rotatable bonds is 5. The van der Waals surface area contributed by atoms with Crippen LogP contribution in [0.25, 0.3) is 0 Å². The predicted octanol–water partition coefficient (Wildman–Crippen LogP) is 1.41. The van der Waals surface area contributed by atoms with Gasteiger partial charge in [-0.3, -0.25) is 0 Å². The average molecular weight is 207 g/mol. The van der Waals surface area contributed by atoms with Crippen LogP contribution >= 0.6 is 11.8 Å². The van der Waals surface area contributed by atoms with Gasteiger partial charge in [-0.2, -0.15) is 17.0 Å². The number of pyridine rings is 1. The zero-order chi connectivity index (χ0) is 10.2. The largest absolute Gasteiger partial charge is 0.312 e. The summed E-state index contributed by atoms with van der Waals surface area (Å²) in [5.74, 6) is 1.09. The molecule has 1 aromatic rings. The molecule has 0 saturated carbocycles. The number of nitrogens with zero attached hydrogens (tertiary/aromatic N) is 2. The zero-order valence-electron chi connectivity index (χ0n) is 8.16. The lowest BCUT2D eigenvalue weighted by atomic mass is 10.2. The van der Waals surface area contributed by atoms with E-state index in [1.807, 2.05) is 12.1 Å². The van der Waals surface area contributed by atoms with Crippen LogP contribution in [0.1, 0.15) is 11.3 Å². The second-order valence-corrected chi connectivity index (χ2v) is 3.78. The first-order valence-electron chi connectivity index (χ1n) is 4.42. The molecular weight excluding hydrogens is 194 g/mol. The van der Waals surface area contributed by atoms with E-state index in [9.17, 15) is 0 Å². The van der Waals surface area contributed by atoms with E-state index in [0.29, 0.717) is 5.69 Å². The molecule has 3 nitrogen and oxygen atoms in total. The first-order chi connectivity index (χ1) is 6.88. The molecule has 0 atom stereocenters. The molecule has 0 radical (unpaired) electrons. The van der Waals surface area contributed by atoms with Crippen molar-refractivity contribution in [3.63, 3.8) is 0 Å². The molecule has 14 heavy (non-hydrogen) atoms. The van der Waals surface area contributed by atoms with Crippen LogP contribution in [0.2, 0.25) is 0 Å². The molecule has 0 spiro atoms. The molecule has 0 aromatic carbocycles. The van der Waals surface area contributed by atoms with Crippen molar-refractivity contribution in [3.05, 3.63) is 29.6 Å². The minimum absolute atomic E-state index is 0.518. The Balaban J connectivity index is 2.46. The van der Waals surface area contributed by atoms with Crippen LogP contribution in [0.15, 0.2) is 18.3 Å². The third-order valence-electron chi connectivity index (χ3n) is 1.80. The number of hydrogen-bond donors (Lipinski definition) is 1. The van der Waals surface area contributed by atoms with Crippen LogP contribution in [0, 0.1) is 11.3 Å². The third kappa shape index (κ3) is 3.36. The maximum absolute atomic E-state index is 8.78. The van der Waals surface area contributed by atoms with Crippen LogP contribution in [-0.2, 0) is 6.54 Å². The van der Waals surface area contributed by atoms with Crippen molar-refractivity contribution in [3.8, 4) is 6.07 Å². The Morgan fingerprint density at radius 3 is 3.21 bits per heavy atom. The standard InChI is InChI=1S/C10H13N3S/c1-14-6-5-12-8-9-3-2-4-13-10(9)7-11/h2-4,12H,5-6,8H2,1H3. The molecule has 0 unspecified atom stereocenters. The van der Waals surface area contributed by atoms with E-state index in [1.165, 1.54) is 0 Å². The van der Waals surface area contributed by atoms with E-state index in [0.717, 1.165) is 24.4 Å². The van der Waals surface area contributed by atoms with Crippen LogP contribution in [-0.4, -0.2) is 23.5 Å². The van der Waals surface area contributed by atoms with Gasteiger partial charge in [-0.15, -0.1) is 0 Å². The highest BCUT2D eigenvalue weighted by Gasteiger charge is 2.00. The van der Waals surface area contributed by atoms with Crippen molar-refractivity contribution in [2.24, 2.45) is 0 Å². The summed E-state index contributed by atoms with van der Waals surface area (Å²) < 4.78 is 0. The summed E-state index contributed by atoms with van der Waals surface area (Å²) in [5, 5.41) is 12.0. The minimum atomic E-state index is 0.518. The maximum atomic E-state index is 8.78. The number of nitrogens with one attached hydrogen (secondary N) is 1. The molecule has 0 aliphatic carbocycles. The van der Waals surface area contributed by atoms with E-state index in [1.54, 1.807) is 18.0 Å². The summed E-state index contributed by atoms with van der Waals surface area (Å²) in [6, 6.07) is 5.86. The Kier molecular flexibility index (Phi) is 5.05.